The second-order valence-corrected chi connectivity index (χ2v) is 4.36. The fourth-order valence-electron chi connectivity index (χ4n) is 1.82. The molecule has 21 heavy (non-hydrogen) atoms. The van der Waals surface area contributed by atoms with Crippen LogP contribution in [0.2, 0.25) is 0 Å². The molecule has 0 amide bonds. The fourth-order valence-corrected chi connectivity index (χ4v) is 1.82. The molecule has 2 N–H and O–H groups in total. The van der Waals surface area contributed by atoms with Crippen molar-refractivity contribution < 1.29 is 9.26 Å². The van der Waals surface area contributed by atoms with Gasteiger partial charge in [-0.25, -0.2) is 0 Å². The van der Waals surface area contributed by atoms with E-state index < -0.39 is 0 Å². The molecule has 0 aliphatic rings. The van der Waals surface area contributed by atoms with Crippen LogP contribution in [0.5, 0.6) is 5.75 Å². The summed E-state index contributed by atoms with van der Waals surface area (Å²) in [6.07, 6.45) is 1.67. The number of aromatic nitrogens is 3. The van der Waals surface area contributed by atoms with Crippen LogP contribution >= 0.6 is 0 Å². The van der Waals surface area contributed by atoms with Gasteiger partial charge in [0.05, 0.1) is 5.69 Å². The zero-order valence-corrected chi connectivity index (χ0v) is 11.3. The van der Waals surface area contributed by atoms with Gasteiger partial charge in [0, 0.05) is 18.3 Å². The molecular weight excluding hydrogens is 268 g/mol. The monoisotopic (exact) mass is 282 g/mol. The van der Waals surface area contributed by atoms with Gasteiger partial charge in [-0.15, -0.1) is 0 Å². The standard InChI is InChI=1S/C15H14N4O2/c16-9-12-8-11(6-7-17-12)15-18-14(19-21-15)10-20-13-4-2-1-3-5-13/h1-8H,9-10,16H2. The summed E-state index contributed by atoms with van der Waals surface area (Å²) < 4.78 is 10.8. The number of rotatable bonds is 5. The minimum atomic E-state index is 0.252. The Kier molecular flexibility index (Phi) is 3.88. The Morgan fingerprint density at radius 3 is 2.81 bits per heavy atom. The average Bonchev–Trinajstić information content (AvgIpc) is 3.03. The first-order valence-electron chi connectivity index (χ1n) is 6.51. The van der Waals surface area contributed by atoms with E-state index >= 15 is 0 Å². The van der Waals surface area contributed by atoms with E-state index in [9.17, 15) is 0 Å². The number of para-hydroxylation sites is 1. The van der Waals surface area contributed by atoms with Crippen molar-refractivity contribution >= 4 is 0 Å². The highest BCUT2D eigenvalue weighted by atomic mass is 16.5. The molecule has 0 atom stereocenters. The molecule has 0 spiro atoms. The summed E-state index contributed by atoms with van der Waals surface area (Å²) in [5, 5.41) is 3.90. The highest BCUT2D eigenvalue weighted by molar-refractivity contribution is 5.52. The van der Waals surface area contributed by atoms with Crippen molar-refractivity contribution in [3.8, 4) is 17.2 Å². The minimum Gasteiger partial charge on any atom is -0.485 e. The highest BCUT2D eigenvalue weighted by Gasteiger charge is 2.10. The van der Waals surface area contributed by atoms with Crippen molar-refractivity contribution in [2.75, 3.05) is 0 Å². The molecule has 0 aliphatic carbocycles. The van der Waals surface area contributed by atoms with E-state index in [1.807, 2.05) is 36.4 Å². The number of nitrogens with two attached hydrogens (primary N) is 1. The van der Waals surface area contributed by atoms with Crippen molar-refractivity contribution in [3.63, 3.8) is 0 Å². The Balaban J connectivity index is 1.71. The summed E-state index contributed by atoms with van der Waals surface area (Å²) in [4.78, 5) is 8.43. The van der Waals surface area contributed by atoms with Gasteiger partial charge in [0.2, 0.25) is 5.82 Å². The summed E-state index contributed by atoms with van der Waals surface area (Å²) in [5.74, 6) is 1.68. The summed E-state index contributed by atoms with van der Waals surface area (Å²) in [5.41, 5.74) is 7.13. The lowest BCUT2D eigenvalue weighted by atomic mass is 10.2. The van der Waals surface area contributed by atoms with E-state index in [0.717, 1.165) is 17.0 Å². The Labute approximate surface area is 121 Å². The summed E-state index contributed by atoms with van der Waals surface area (Å²) in [7, 11) is 0. The summed E-state index contributed by atoms with van der Waals surface area (Å²) in [6.45, 7) is 0.619. The van der Waals surface area contributed by atoms with Crippen LogP contribution in [0.4, 0.5) is 0 Å². The van der Waals surface area contributed by atoms with Gasteiger partial charge in [-0.1, -0.05) is 23.4 Å². The molecule has 6 nitrogen and oxygen atoms in total. The van der Waals surface area contributed by atoms with E-state index in [-0.39, 0.29) is 6.61 Å². The van der Waals surface area contributed by atoms with Gasteiger partial charge in [-0.2, -0.15) is 4.98 Å². The second kappa shape index (κ2) is 6.15. The van der Waals surface area contributed by atoms with E-state index in [2.05, 4.69) is 15.1 Å². The molecule has 2 aromatic heterocycles. The normalized spacial score (nSPS) is 10.5. The van der Waals surface area contributed by atoms with Crippen LogP contribution in [0.3, 0.4) is 0 Å². The number of nitrogens with zero attached hydrogens (tertiary/aromatic N) is 3. The minimum absolute atomic E-state index is 0.252. The van der Waals surface area contributed by atoms with Crippen LogP contribution in [-0.4, -0.2) is 15.1 Å². The molecule has 0 radical (unpaired) electrons. The predicted molar refractivity (Wildman–Crippen MR) is 76.2 cm³/mol. The van der Waals surface area contributed by atoms with E-state index in [0.29, 0.717) is 18.3 Å². The van der Waals surface area contributed by atoms with Gasteiger partial charge in [0.15, 0.2) is 6.61 Å². The lowest BCUT2D eigenvalue weighted by Gasteiger charge is -2.01. The molecular formula is C15H14N4O2. The fraction of sp³-hybridized carbons (Fsp3) is 0.133. The predicted octanol–water partition coefficient (Wildman–Crippen LogP) is 2.17. The molecule has 0 saturated carbocycles. The van der Waals surface area contributed by atoms with E-state index in [4.69, 9.17) is 15.0 Å². The molecule has 0 saturated heterocycles. The summed E-state index contributed by atoms with van der Waals surface area (Å²) >= 11 is 0. The van der Waals surface area contributed by atoms with Crippen LogP contribution in [0.1, 0.15) is 11.5 Å². The zero-order valence-electron chi connectivity index (χ0n) is 11.3. The number of pyridine rings is 1. The van der Waals surface area contributed by atoms with Crippen LogP contribution in [0.25, 0.3) is 11.5 Å². The smallest absolute Gasteiger partial charge is 0.258 e. The molecule has 6 heteroatoms. The van der Waals surface area contributed by atoms with Crippen LogP contribution in [-0.2, 0) is 13.2 Å². The Morgan fingerprint density at radius 1 is 1.14 bits per heavy atom. The molecule has 3 rings (SSSR count). The third kappa shape index (κ3) is 3.24. The highest BCUT2D eigenvalue weighted by Crippen LogP contribution is 2.18. The maximum atomic E-state index is 5.57. The number of hydrogen-bond donors (Lipinski definition) is 1. The van der Waals surface area contributed by atoms with Crippen LogP contribution in [0.15, 0.2) is 53.2 Å². The van der Waals surface area contributed by atoms with E-state index in [1.165, 1.54) is 0 Å². The first-order chi connectivity index (χ1) is 10.3. The summed E-state index contributed by atoms with van der Waals surface area (Å²) in [6, 6.07) is 13.1. The van der Waals surface area contributed by atoms with Crippen molar-refractivity contribution in [3.05, 3.63) is 60.2 Å². The Bertz CT molecular complexity index is 712. The number of benzene rings is 1. The van der Waals surface area contributed by atoms with Crippen molar-refractivity contribution in [1.29, 1.82) is 0 Å². The van der Waals surface area contributed by atoms with Gasteiger partial charge in [0.1, 0.15) is 5.75 Å². The maximum absolute atomic E-state index is 5.57. The molecule has 0 aliphatic heterocycles. The van der Waals surface area contributed by atoms with Crippen LogP contribution in [0, 0.1) is 0 Å². The average molecular weight is 282 g/mol. The van der Waals surface area contributed by atoms with Gasteiger partial charge in [0.25, 0.3) is 5.89 Å². The SMILES string of the molecule is NCc1cc(-c2nc(COc3ccccc3)no2)ccn1. The van der Waals surface area contributed by atoms with Crippen LogP contribution < -0.4 is 10.5 Å². The first-order valence-corrected chi connectivity index (χ1v) is 6.51. The molecule has 106 valence electrons. The lowest BCUT2D eigenvalue weighted by Crippen LogP contribution is -1.99. The Morgan fingerprint density at radius 2 is 2.00 bits per heavy atom. The molecule has 0 bridgehead atoms. The molecule has 0 unspecified atom stereocenters. The van der Waals surface area contributed by atoms with Gasteiger partial charge in [-0.05, 0) is 24.3 Å². The molecule has 3 aromatic rings. The Hall–Kier alpha value is -2.73. The second-order valence-electron chi connectivity index (χ2n) is 4.36. The third-order valence-corrected chi connectivity index (χ3v) is 2.85. The van der Waals surface area contributed by atoms with Crippen molar-refractivity contribution in [2.24, 2.45) is 5.73 Å². The molecule has 0 fully saturated rings. The first kappa shape index (κ1) is 13.3. The number of ether oxygens (including phenoxy) is 1. The quantitative estimate of drug-likeness (QED) is 0.771. The van der Waals surface area contributed by atoms with Gasteiger partial charge < -0.3 is 15.0 Å². The van der Waals surface area contributed by atoms with Crippen molar-refractivity contribution in [2.45, 2.75) is 13.2 Å². The van der Waals surface area contributed by atoms with Crippen molar-refractivity contribution in [1.82, 2.24) is 15.1 Å². The largest absolute Gasteiger partial charge is 0.485 e. The van der Waals surface area contributed by atoms with Gasteiger partial charge >= 0.3 is 0 Å². The zero-order chi connectivity index (χ0) is 14.5. The third-order valence-electron chi connectivity index (χ3n) is 2.85. The maximum Gasteiger partial charge on any atom is 0.258 e. The topological polar surface area (TPSA) is 87.1 Å². The van der Waals surface area contributed by atoms with Gasteiger partial charge in [-0.3, -0.25) is 4.98 Å². The van der Waals surface area contributed by atoms with E-state index in [1.54, 1.807) is 12.3 Å². The number of hydrogen-bond acceptors (Lipinski definition) is 6. The molecule has 2 heterocycles. The molecule has 1 aromatic carbocycles. The lowest BCUT2D eigenvalue weighted by molar-refractivity contribution is 0.287.